The minimum absolute atomic E-state index is 0.115. The molecule has 0 aliphatic rings. The van der Waals surface area contributed by atoms with Crippen LogP contribution in [-0.4, -0.2) is 33.4 Å². The zero-order valence-corrected chi connectivity index (χ0v) is 9.01. The van der Waals surface area contributed by atoms with Crippen molar-refractivity contribution in [2.75, 3.05) is 6.61 Å². The number of phosphoric acid groups is 1. The highest BCUT2D eigenvalue weighted by Crippen LogP contribution is 2.35. The highest BCUT2D eigenvalue weighted by Gasteiger charge is 2.11. The Morgan fingerprint density at radius 2 is 2.07 bits per heavy atom. The van der Waals surface area contributed by atoms with E-state index in [2.05, 4.69) is 4.52 Å². The van der Waals surface area contributed by atoms with Crippen LogP contribution in [0.3, 0.4) is 0 Å². The minimum Gasteiger partial charge on any atom is -0.481 e. The fourth-order valence-corrected chi connectivity index (χ4v) is 0.760. The van der Waals surface area contributed by atoms with Crippen molar-refractivity contribution in [3.8, 4) is 0 Å². The van der Waals surface area contributed by atoms with Gasteiger partial charge >= 0.3 is 13.8 Å². The molecule has 0 aliphatic heterocycles. The first kappa shape index (κ1) is 16.5. The Hall–Kier alpha value is -0.970. The van der Waals surface area contributed by atoms with Crippen molar-refractivity contribution in [1.82, 2.24) is 0 Å². The van der Waals surface area contributed by atoms with Crippen LogP contribution in [0.5, 0.6) is 0 Å². The summed E-state index contributed by atoms with van der Waals surface area (Å²) < 4.78 is 13.9. The van der Waals surface area contributed by atoms with Gasteiger partial charge in [0.1, 0.15) is 5.94 Å². The van der Waals surface area contributed by atoms with Gasteiger partial charge in [-0.3, -0.25) is 9.32 Å². The standard InChI is InChI=1S/C4H4O3.C3H9O4P/c5-3-1-2-4(6)7;1-2-3-7-8(4,5)6/h1H,2H2,(H,6,7);2-3H2,1H3,(H2,4,5,6). The molecule has 88 valence electrons. The van der Waals surface area contributed by atoms with E-state index in [4.69, 9.17) is 14.9 Å². The molecule has 0 amide bonds. The van der Waals surface area contributed by atoms with Crippen LogP contribution >= 0.6 is 7.82 Å². The number of carbonyl (C=O) groups excluding carboxylic acids is 1. The topological polar surface area (TPSA) is 121 Å². The molecule has 0 bridgehead atoms. The molecule has 0 fully saturated rings. The predicted octanol–water partition coefficient (Wildman–Crippen LogP) is 0.355. The molecule has 0 aromatic rings. The second kappa shape index (κ2) is 9.58. The van der Waals surface area contributed by atoms with Gasteiger partial charge in [0.2, 0.25) is 0 Å². The Bertz CT molecular complexity index is 263. The second-order valence-electron chi connectivity index (χ2n) is 2.24. The summed E-state index contributed by atoms with van der Waals surface area (Å²) >= 11 is 0. The summed E-state index contributed by atoms with van der Waals surface area (Å²) in [6.45, 7) is 1.89. The molecule has 0 aromatic carbocycles. The number of carboxylic acids is 1. The molecule has 8 heteroatoms. The molecule has 0 saturated carbocycles. The Balaban J connectivity index is 0. The van der Waals surface area contributed by atoms with Crippen molar-refractivity contribution >= 4 is 19.7 Å². The maximum Gasteiger partial charge on any atom is 0.469 e. The molecule has 3 N–H and O–H groups in total. The van der Waals surface area contributed by atoms with E-state index in [0.717, 1.165) is 6.08 Å². The summed E-state index contributed by atoms with van der Waals surface area (Å²) in [5.74, 6) is 0.332. The summed E-state index contributed by atoms with van der Waals surface area (Å²) in [6, 6.07) is 0. The van der Waals surface area contributed by atoms with E-state index in [1.54, 1.807) is 6.92 Å². The zero-order valence-electron chi connectivity index (χ0n) is 8.12. The molecule has 7 nitrogen and oxygen atoms in total. The van der Waals surface area contributed by atoms with Gasteiger partial charge in [0.25, 0.3) is 0 Å². The molecule has 0 spiro atoms. The average molecular weight is 240 g/mol. The Morgan fingerprint density at radius 3 is 2.20 bits per heavy atom. The molecule has 15 heavy (non-hydrogen) atoms. The summed E-state index contributed by atoms with van der Waals surface area (Å²) in [7, 11) is -4.18. The molecule has 0 unspecified atom stereocenters. The van der Waals surface area contributed by atoms with Gasteiger partial charge in [-0.05, 0) is 6.42 Å². The van der Waals surface area contributed by atoms with Crippen LogP contribution in [0.15, 0.2) is 6.08 Å². The smallest absolute Gasteiger partial charge is 0.469 e. The summed E-state index contributed by atoms with van der Waals surface area (Å²) in [5.41, 5.74) is 0. The molecular formula is C7H13O7P. The van der Waals surface area contributed by atoms with Gasteiger partial charge in [0.15, 0.2) is 0 Å². The van der Waals surface area contributed by atoms with E-state index < -0.39 is 13.8 Å². The number of carbonyl (C=O) groups is 1. The molecule has 0 aromatic heterocycles. The molecule has 0 atom stereocenters. The number of hydrogen-bond acceptors (Lipinski definition) is 4. The van der Waals surface area contributed by atoms with E-state index in [0.29, 0.717) is 6.42 Å². The molecule has 0 aliphatic carbocycles. The van der Waals surface area contributed by atoms with Crippen molar-refractivity contribution in [2.24, 2.45) is 0 Å². The third kappa shape index (κ3) is 24.6. The van der Waals surface area contributed by atoms with E-state index in [1.165, 1.54) is 5.94 Å². The molecular weight excluding hydrogens is 227 g/mol. The predicted molar refractivity (Wildman–Crippen MR) is 50.8 cm³/mol. The fraction of sp³-hybridized carbons (Fsp3) is 0.571. The van der Waals surface area contributed by atoms with Crippen LogP contribution in [0.2, 0.25) is 0 Å². The van der Waals surface area contributed by atoms with E-state index >= 15 is 0 Å². The first-order valence-corrected chi connectivity index (χ1v) is 5.47. The van der Waals surface area contributed by atoms with Crippen LogP contribution in [-0.2, 0) is 18.7 Å². The average Bonchev–Trinajstić information content (AvgIpc) is 2.11. The van der Waals surface area contributed by atoms with Crippen molar-refractivity contribution in [3.05, 3.63) is 6.08 Å². The van der Waals surface area contributed by atoms with Crippen molar-refractivity contribution < 1.29 is 33.6 Å². The van der Waals surface area contributed by atoms with Crippen molar-refractivity contribution in [1.29, 1.82) is 0 Å². The van der Waals surface area contributed by atoms with Gasteiger partial charge in [-0.1, -0.05) is 6.92 Å². The number of hydrogen-bond donors (Lipinski definition) is 3. The quantitative estimate of drug-likeness (QED) is 0.468. The molecule has 0 saturated heterocycles. The summed E-state index contributed by atoms with van der Waals surface area (Å²) in [5, 5.41) is 7.83. The Labute approximate surface area is 86.6 Å². The molecule has 0 heterocycles. The first-order chi connectivity index (χ1) is 6.83. The Kier molecular flexibility index (Phi) is 10.5. The number of aliphatic carboxylic acids is 1. The fourth-order valence-electron chi connectivity index (χ4n) is 0.339. The lowest BCUT2D eigenvalue weighted by Gasteiger charge is -2.00. The van der Waals surface area contributed by atoms with Gasteiger partial charge in [-0.25, -0.2) is 9.36 Å². The van der Waals surface area contributed by atoms with Crippen LogP contribution < -0.4 is 0 Å². The summed E-state index contributed by atoms with van der Waals surface area (Å²) in [6.07, 6.45) is 1.30. The van der Waals surface area contributed by atoms with Crippen molar-refractivity contribution in [3.63, 3.8) is 0 Å². The van der Waals surface area contributed by atoms with Gasteiger partial charge in [-0.15, -0.1) is 0 Å². The largest absolute Gasteiger partial charge is 0.481 e. The van der Waals surface area contributed by atoms with E-state index in [-0.39, 0.29) is 13.0 Å². The number of phosphoric ester groups is 1. The van der Waals surface area contributed by atoms with Gasteiger partial charge < -0.3 is 14.9 Å². The third-order valence-corrected chi connectivity index (χ3v) is 1.34. The minimum atomic E-state index is -4.18. The first-order valence-electron chi connectivity index (χ1n) is 3.94. The number of rotatable bonds is 5. The second-order valence-corrected chi connectivity index (χ2v) is 3.48. The molecule has 0 rings (SSSR count). The maximum atomic E-state index is 9.86. The zero-order chi connectivity index (χ0) is 12.3. The lowest BCUT2D eigenvalue weighted by atomic mass is 10.4. The van der Waals surface area contributed by atoms with Gasteiger partial charge in [0, 0.05) is 6.08 Å². The number of carboxylic acid groups (broad SMARTS) is 1. The van der Waals surface area contributed by atoms with Crippen LogP contribution in [0.25, 0.3) is 0 Å². The van der Waals surface area contributed by atoms with E-state index in [1.807, 2.05) is 0 Å². The Morgan fingerprint density at radius 1 is 1.53 bits per heavy atom. The van der Waals surface area contributed by atoms with Crippen LogP contribution in [0.1, 0.15) is 19.8 Å². The maximum absolute atomic E-state index is 9.86. The highest BCUT2D eigenvalue weighted by molar-refractivity contribution is 7.46. The van der Waals surface area contributed by atoms with Gasteiger partial charge in [-0.2, -0.15) is 0 Å². The monoisotopic (exact) mass is 240 g/mol. The normalized spacial score (nSPS) is 9.53. The van der Waals surface area contributed by atoms with E-state index in [9.17, 15) is 14.2 Å². The summed E-state index contributed by atoms with van der Waals surface area (Å²) in [4.78, 5) is 34.9. The van der Waals surface area contributed by atoms with Gasteiger partial charge in [0.05, 0.1) is 13.0 Å². The lowest BCUT2D eigenvalue weighted by molar-refractivity contribution is -0.135. The lowest BCUT2D eigenvalue weighted by Crippen LogP contribution is -1.89. The van der Waals surface area contributed by atoms with Crippen LogP contribution in [0, 0.1) is 0 Å². The van der Waals surface area contributed by atoms with Crippen LogP contribution in [0.4, 0.5) is 0 Å². The highest BCUT2D eigenvalue weighted by atomic mass is 31.2. The third-order valence-electron chi connectivity index (χ3n) is 0.824. The SMILES string of the molecule is CCCOP(=O)(O)O.O=C=CCC(=O)O. The van der Waals surface area contributed by atoms with Crippen molar-refractivity contribution in [2.45, 2.75) is 19.8 Å². The molecule has 0 radical (unpaired) electrons.